The maximum atomic E-state index is 12.8. The molecular weight excluding hydrogens is 342 g/mol. The molecule has 1 atom stereocenters. The van der Waals surface area contributed by atoms with Gasteiger partial charge in [-0.15, -0.1) is 13.2 Å². The Hall–Kier alpha value is -2.60. The summed E-state index contributed by atoms with van der Waals surface area (Å²) < 4.78 is 0. The molecule has 0 spiro atoms. The fourth-order valence-corrected chi connectivity index (χ4v) is 3.04. The van der Waals surface area contributed by atoms with Crippen molar-refractivity contribution in [3.05, 3.63) is 60.2 Å². The zero-order valence-electron chi connectivity index (χ0n) is 14.0. The average molecular weight is 362 g/mol. The molecule has 1 fully saturated rings. The number of nitrogens with zero attached hydrogens (tertiary/aromatic N) is 2. The monoisotopic (exact) mass is 361 g/mol. The number of urea groups is 1. The normalized spacial score (nSPS) is 19.5. The Bertz CT molecular complexity index is 724. The predicted molar refractivity (Wildman–Crippen MR) is 96.0 cm³/mol. The second kappa shape index (κ2) is 7.53. The number of imide groups is 1. The van der Waals surface area contributed by atoms with Crippen LogP contribution in [0.5, 0.6) is 0 Å². The van der Waals surface area contributed by atoms with Crippen LogP contribution in [0, 0.1) is 0 Å². The third-order valence-corrected chi connectivity index (χ3v) is 4.36. The highest BCUT2D eigenvalue weighted by Crippen LogP contribution is 2.33. The lowest BCUT2D eigenvalue weighted by atomic mass is 9.92. The number of rotatable bonds is 7. The van der Waals surface area contributed by atoms with Gasteiger partial charge in [0.25, 0.3) is 5.91 Å². The summed E-state index contributed by atoms with van der Waals surface area (Å²) >= 11 is 6.17. The molecule has 25 heavy (non-hydrogen) atoms. The van der Waals surface area contributed by atoms with Gasteiger partial charge in [-0.3, -0.25) is 14.5 Å². The van der Waals surface area contributed by atoms with Crippen LogP contribution in [0.3, 0.4) is 0 Å². The number of nitrogens with one attached hydrogen (secondary N) is 1. The lowest BCUT2D eigenvalue weighted by molar-refractivity contribution is -0.138. The summed E-state index contributed by atoms with van der Waals surface area (Å²) in [5.41, 5.74) is -0.823. The highest BCUT2D eigenvalue weighted by molar-refractivity contribution is 6.32. The fraction of sp³-hybridized carbons (Fsp3) is 0.278. The lowest BCUT2D eigenvalue weighted by Gasteiger charge is -2.24. The van der Waals surface area contributed by atoms with Gasteiger partial charge in [0, 0.05) is 23.7 Å². The van der Waals surface area contributed by atoms with Crippen LogP contribution in [0.15, 0.2) is 49.6 Å². The number of carbonyl (C=O) groups is 3. The first-order valence-electron chi connectivity index (χ1n) is 7.73. The van der Waals surface area contributed by atoms with Gasteiger partial charge in [-0.2, -0.15) is 0 Å². The fourth-order valence-electron chi connectivity index (χ4n) is 2.71. The van der Waals surface area contributed by atoms with Gasteiger partial charge in [0.1, 0.15) is 12.1 Å². The topological polar surface area (TPSA) is 69.7 Å². The summed E-state index contributed by atoms with van der Waals surface area (Å²) in [6.45, 7) is 9.02. The number of carbonyl (C=O) groups excluding carboxylic acids is 3. The molecule has 2 rings (SSSR count). The van der Waals surface area contributed by atoms with E-state index in [0.717, 1.165) is 4.90 Å². The van der Waals surface area contributed by atoms with Gasteiger partial charge in [0.15, 0.2) is 0 Å². The quantitative estimate of drug-likeness (QED) is 0.598. The van der Waals surface area contributed by atoms with Crippen LogP contribution in [0.4, 0.5) is 4.79 Å². The van der Waals surface area contributed by atoms with Gasteiger partial charge in [-0.1, -0.05) is 42.0 Å². The molecule has 1 N–H and O–H groups in total. The number of hydrogen-bond acceptors (Lipinski definition) is 3. The van der Waals surface area contributed by atoms with Gasteiger partial charge < -0.3 is 10.2 Å². The average Bonchev–Trinajstić information content (AvgIpc) is 2.79. The summed E-state index contributed by atoms with van der Waals surface area (Å²) in [6.07, 6.45) is 3.14. The van der Waals surface area contributed by atoms with Crippen molar-refractivity contribution in [1.29, 1.82) is 0 Å². The minimum atomic E-state index is -1.31. The van der Waals surface area contributed by atoms with Crippen molar-refractivity contribution < 1.29 is 14.4 Å². The third kappa shape index (κ3) is 3.58. The molecule has 0 aliphatic carbocycles. The maximum Gasteiger partial charge on any atom is 0.325 e. The molecule has 1 aromatic carbocycles. The molecule has 1 saturated heterocycles. The molecule has 1 aliphatic rings. The molecule has 6 nitrogen and oxygen atoms in total. The molecule has 0 unspecified atom stereocenters. The Morgan fingerprint density at radius 3 is 2.44 bits per heavy atom. The summed E-state index contributed by atoms with van der Waals surface area (Å²) in [5.74, 6) is -0.886. The highest BCUT2D eigenvalue weighted by Gasteiger charge is 2.50. The Morgan fingerprint density at radius 1 is 1.28 bits per heavy atom. The summed E-state index contributed by atoms with van der Waals surface area (Å²) in [6, 6.07) is 6.16. The van der Waals surface area contributed by atoms with Gasteiger partial charge in [0.05, 0.1) is 0 Å². The van der Waals surface area contributed by atoms with E-state index in [9.17, 15) is 14.4 Å². The van der Waals surface area contributed by atoms with Crippen LogP contribution < -0.4 is 5.32 Å². The van der Waals surface area contributed by atoms with E-state index in [4.69, 9.17) is 11.6 Å². The Labute approximate surface area is 151 Å². The summed E-state index contributed by atoms with van der Waals surface area (Å²) in [5, 5.41) is 3.00. The molecule has 0 radical (unpaired) electrons. The zero-order valence-corrected chi connectivity index (χ0v) is 14.8. The van der Waals surface area contributed by atoms with Gasteiger partial charge >= 0.3 is 6.03 Å². The lowest BCUT2D eigenvalue weighted by Crippen LogP contribution is -2.44. The second-order valence-electron chi connectivity index (χ2n) is 5.80. The molecule has 1 heterocycles. The van der Waals surface area contributed by atoms with Crippen molar-refractivity contribution in [1.82, 2.24) is 15.1 Å². The van der Waals surface area contributed by atoms with Crippen LogP contribution in [0.2, 0.25) is 5.02 Å². The molecule has 4 amide bonds. The molecule has 132 valence electrons. The molecule has 7 heteroatoms. The minimum Gasteiger partial charge on any atom is -0.334 e. The zero-order chi connectivity index (χ0) is 18.6. The standard InChI is InChI=1S/C18H20ClN3O3/c1-4-10-21(11-5-2)15(23)12-22-16(24)18(3,20-17(22)25)13-8-6-7-9-14(13)19/h4-9H,1-2,10-12H2,3H3,(H,20,25)/t18-/m0/s1. The van der Waals surface area contributed by atoms with E-state index in [2.05, 4.69) is 18.5 Å². The van der Waals surface area contributed by atoms with Gasteiger partial charge in [0.2, 0.25) is 5.91 Å². The minimum absolute atomic E-state index is 0.302. The SMILES string of the molecule is C=CCN(CC=C)C(=O)CN1C(=O)N[C@@](C)(c2ccccc2Cl)C1=O. The first kappa shape index (κ1) is 18.7. The summed E-state index contributed by atoms with van der Waals surface area (Å²) in [7, 11) is 0. The molecule has 0 bridgehead atoms. The van der Waals surface area contributed by atoms with Crippen LogP contribution >= 0.6 is 11.6 Å². The van der Waals surface area contributed by atoms with Crippen molar-refractivity contribution >= 4 is 29.4 Å². The van der Waals surface area contributed by atoms with E-state index in [-0.39, 0.29) is 12.5 Å². The van der Waals surface area contributed by atoms with E-state index < -0.39 is 17.5 Å². The van der Waals surface area contributed by atoms with E-state index >= 15 is 0 Å². The van der Waals surface area contributed by atoms with Crippen LogP contribution in [-0.4, -0.2) is 47.3 Å². The molecule has 0 aromatic heterocycles. The van der Waals surface area contributed by atoms with Gasteiger partial charge in [-0.05, 0) is 13.0 Å². The number of hydrogen-bond donors (Lipinski definition) is 1. The van der Waals surface area contributed by atoms with Gasteiger partial charge in [-0.25, -0.2) is 4.79 Å². The van der Waals surface area contributed by atoms with Crippen molar-refractivity contribution in [2.75, 3.05) is 19.6 Å². The van der Waals surface area contributed by atoms with Crippen molar-refractivity contribution in [2.24, 2.45) is 0 Å². The Balaban J connectivity index is 2.24. The van der Waals surface area contributed by atoms with Crippen LogP contribution in [0.25, 0.3) is 0 Å². The number of amides is 4. The molecular formula is C18H20ClN3O3. The highest BCUT2D eigenvalue weighted by atomic mass is 35.5. The van der Waals surface area contributed by atoms with Crippen molar-refractivity contribution in [3.63, 3.8) is 0 Å². The maximum absolute atomic E-state index is 12.8. The smallest absolute Gasteiger partial charge is 0.325 e. The Morgan fingerprint density at radius 2 is 1.88 bits per heavy atom. The number of benzene rings is 1. The first-order valence-corrected chi connectivity index (χ1v) is 8.11. The van der Waals surface area contributed by atoms with E-state index in [0.29, 0.717) is 23.7 Å². The molecule has 0 saturated carbocycles. The van der Waals surface area contributed by atoms with Crippen LogP contribution in [0.1, 0.15) is 12.5 Å². The first-order chi connectivity index (χ1) is 11.8. The number of halogens is 1. The van der Waals surface area contributed by atoms with E-state index in [1.54, 1.807) is 43.3 Å². The van der Waals surface area contributed by atoms with Crippen LogP contribution in [-0.2, 0) is 15.1 Å². The molecule has 1 aliphatic heterocycles. The second-order valence-corrected chi connectivity index (χ2v) is 6.21. The summed E-state index contributed by atoms with van der Waals surface area (Å²) in [4.78, 5) is 39.9. The Kier molecular flexibility index (Phi) is 5.64. The predicted octanol–water partition coefficient (Wildman–Crippen LogP) is 2.31. The third-order valence-electron chi connectivity index (χ3n) is 4.03. The van der Waals surface area contributed by atoms with Crippen molar-refractivity contribution in [3.8, 4) is 0 Å². The molecule has 1 aromatic rings. The van der Waals surface area contributed by atoms with E-state index in [1.165, 1.54) is 4.90 Å². The largest absolute Gasteiger partial charge is 0.334 e. The van der Waals surface area contributed by atoms with E-state index in [1.807, 2.05) is 0 Å². The van der Waals surface area contributed by atoms with Crippen molar-refractivity contribution in [2.45, 2.75) is 12.5 Å².